The number of anilines is 1. The number of amides is 1. The average Bonchev–Trinajstić information content (AvgIpc) is 3.73. The van der Waals surface area contributed by atoms with Crippen LogP contribution in [0.3, 0.4) is 0 Å². The monoisotopic (exact) mass is 555 g/mol. The van der Waals surface area contributed by atoms with Gasteiger partial charge in [0, 0.05) is 29.4 Å². The number of piperidine rings is 1. The number of nitrogens with zero attached hydrogens (tertiary/aromatic N) is 3. The fourth-order valence-corrected chi connectivity index (χ4v) is 5.36. The Morgan fingerprint density at radius 1 is 0.975 bits per heavy atom. The molecular weight excluding hydrogens is 525 g/mol. The SMILES string of the molecule is Cl.O=C(CN1CCC(Cc2ccc(F)cc2)CC1)Nc1ccc(-c2ccc(C3=NC=CC3=C3C=CC=N3)[nH]2)cc1. The molecule has 0 aliphatic carbocycles. The van der Waals surface area contributed by atoms with Crippen LogP contribution in [0.2, 0.25) is 0 Å². The van der Waals surface area contributed by atoms with Gasteiger partial charge in [-0.05, 0) is 104 Å². The van der Waals surface area contributed by atoms with E-state index in [1.807, 2.05) is 66.8 Å². The largest absolute Gasteiger partial charge is 0.353 e. The van der Waals surface area contributed by atoms with Crippen LogP contribution in [0.5, 0.6) is 0 Å². The molecule has 1 aromatic heterocycles. The predicted octanol–water partition coefficient (Wildman–Crippen LogP) is 6.35. The molecule has 4 heterocycles. The van der Waals surface area contributed by atoms with Gasteiger partial charge in [0.05, 0.1) is 23.6 Å². The summed E-state index contributed by atoms with van der Waals surface area (Å²) in [6.07, 6.45) is 12.5. The molecule has 0 radical (unpaired) electrons. The first-order valence-corrected chi connectivity index (χ1v) is 13.4. The van der Waals surface area contributed by atoms with Crippen LogP contribution < -0.4 is 5.32 Å². The number of aromatic nitrogens is 1. The number of halogens is 2. The van der Waals surface area contributed by atoms with Crippen LogP contribution in [0.25, 0.3) is 11.3 Å². The van der Waals surface area contributed by atoms with Crippen LogP contribution in [-0.4, -0.2) is 47.4 Å². The van der Waals surface area contributed by atoms with E-state index in [9.17, 15) is 9.18 Å². The summed E-state index contributed by atoms with van der Waals surface area (Å²) < 4.78 is 13.1. The summed E-state index contributed by atoms with van der Waals surface area (Å²) in [6, 6.07) is 18.7. The van der Waals surface area contributed by atoms with Gasteiger partial charge in [0.1, 0.15) is 5.82 Å². The number of hydrogen-bond donors (Lipinski definition) is 2. The maximum Gasteiger partial charge on any atom is 0.238 e. The lowest BCUT2D eigenvalue weighted by molar-refractivity contribution is -0.117. The number of carbonyl (C=O) groups excluding carboxylic acids is 1. The van der Waals surface area contributed by atoms with Crippen LogP contribution in [0, 0.1) is 11.7 Å². The number of benzene rings is 2. The Bertz CT molecular complexity index is 1490. The lowest BCUT2D eigenvalue weighted by Gasteiger charge is -2.31. The summed E-state index contributed by atoms with van der Waals surface area (Å²) in [7, 11) is 0. The highest BCUT2D eigenvalue weighted by atomic mass is 35.5. The summed E-state index contributed by atoms with van der Waals surface area (Å²) in [6.45, 7) is 2.18. The molecule has 6 nitrogen and oxygen atoms in total. The van der Waals surface area contributed by atoms with Gasteiger partial charge < -0.3 is 10.3 Å². The molecule has 2 N–H and O–H groups in total. The van der Waals surface area contributed by atoms with Gasteiger partial charge in [-0.25, -0.2) is 4.39 Å². The van der Waals surface area contributed by atoms with E-state index in [1.54, 1.807) is 12.4 Å². The highest BCUT2D eigenvalue weighted by Gasteiger charge is 2.21. The molecule has 0 unspecified atom stereocenters. The maximum atomic E-state index is 13.1. The van der Waals surface area contributed by atoms with E-state index >= 15 is 0 Å². The Hall–Kier alpha value is -4.07. The van der Waals surface area contributed by atoms with E-state index < -0.39 is 0 Å². The van der Waals surface area contributed by atoms with E-state index in [4.69, 9.17) is 0 Å². The van der Waals surface area contributed by atoms with Crippen LogP contribution in [0.15, 0.2) is 106 Å². The Balaban J connectivity index is 0.00000323. The fourth-order valence-electron chi connectivity index (χ4n) is 5.36. The molecule has 1 saturated heterocycles. The lowest BCUT2D eigenvalue weighted by Crippen LogP contribution is -2.39. The second-order valence-electron chi connectivity index (χ2n) is 10.2. The summed E-state index contributed by atoms with van der Waals surface area (Å²) in [5, 5.41) is 3.03. The van der Waals surface area contributed by atoms with Gasteiger partial charge in [-0.15, -0.1) is 12.4 Å². The number of H-pyrrole nitrogens is 1. The predicted molar refractivity (Wildman–Crippen MR) is 162 cm³/mol. The number of nitrogens with one attached hydrogen (secondary N) is 2. The van der Waals surface area contributed by atoms with Crippen LogP contribution in [-0.2, 0) is 11.2 Å². The van der Waals surface area contributed by atoms with Crippen molar-refractivity contribution in [3.8, 4) is 11.3 Å². The molecule has 2 aromatic carbocycles. The minimum absolute atomic E-state index is 0. The summed E-state index contributed by atoms with van der Waals surface area (Å²) in [5.74, 6) is 0.377. The first-order valence-electron chi connectivity index (χ1n) is 13.4. The molecule has 0 atom stereocenters. The minimum atomic E-state index is -0.194. The van der Waals surface area contributed by atoms with Gasteiger partial charge in [0.2, 0.25) is 5.91 Å². The normalized spacial score (nSPS) is 18.7. The highest BCUT2D eigenvalue weighted by Crippen LogP contribution is 2.26. The van der Waals surface area contributed by atoms with Crippen molar-refractivity contribution in [1.29, 1.82) is 0 Å². The van der Waals surface area contributed by atoms with E-state index in [1.165, 1.54) is 17.7 Å². The second kappa shape index (κ2) is 12.4. The topological polar surface area (TPSA) is 72.8 Å². The molecule has 0 saturated carbocycles. The zero-order valence-electron chi connectivity index (χ0n) is 22.0. The highest BCUT2D eigenvalue weighted by molar-refractivity contribution is 6.16. The minimum Gasteiger partial charge on any atom is -0.353 e. The van der Waals surface area contributed by atoms with Crippen molar-refractivity contribution >= 4 is 35.9 Å². The third-order valence-corrected chi connectivity index (χ3v) is 7.46. The van der Waals surface area contributed by atoms with Gasteiger partial charge in [0.15, 0.2) is 0 Å². The van der Waals surface area contributed by atoms with Crippen molar-refractivity contribution in [3.63, 3.8) is 0 Å². The fraction of sp³-hybridized carbons (Fsp3) is 0.219. The Labute approximate surface area is 239 Å². The second-order valence-corrected chi connectivity index (χ2v) is 10.2. The first kappa shape index (κ1) is 27.5. The Kier molecular flexibility index (Phi) is 8.53. The van der Waals surface area contributed by atoms with E-state index in [0.717, 1.165) is 72.0 Å². The molecule has 6 rings (SSSR count). The van der Waals surface area contributed by atoms with Crippen molar-refractivity contribution in [2.75, 3.05) is 25.0 Å². The van der Waals surface area contributed by atoms with Gasteiger partial charge in [-0.1, -0.05) is 24.3 Å². The Morgan fingerprint density at radius 2 is 1.73 bits per heavy atom. The zero-order valence-corrected chi connectivity index (χ0v) is 22.8. The van der Waals surface area contributed by atoms with Crippen LogP contribution >= 0.6 is 12.4 Å². The first-order chi connectivity index (χ1) is 19.1. The van der Waals surface area contributed by atoms with Crippen molar-refractivity contribution < 1.29 is 9.18 Å². The number of aromatic amines is 1. The molecule has 40 heavy (non-hydrogen) atoms. The van der Waals surface area contributed by atoms with E-state index in [2.05, 4.69) is 25.2 Å². The van der Waals surface area contributed by atoms with Crippen molar-refractivity contribution in [2.45, 2.75) is 19.3 Å². The maximum absolute atomic E-state index is 13.1. The molecule has 3 aromatic rings. The Morgan fingerprint density at radius 3 is 2.45 bits per heavy atom. The third-order valence-electron chi connectivity index (χ3n) is 7.46. The summed E-state index contributed by atoms with van der Waals surface area (Å²) in [4.78, 5) is 27.3. The number of aliphatic imine (C=N–C) groups is 2. The number of likely N-dealkylation sites (tertiary alicyclic amines) is 1. The average molecular weight is 556 g/mol. The van der Waals surface area contributed by atoms with E-state index in [-0.39, 0.29) is 24.1 Å². The lowest BCUT2D eigenvalue weighted by atomic mass is 9.90. The van der Waals surface area contributed by atoms with Crippen molar-refractivity contribution in [3.05, 3.63) is 113 Å². The molecule has 1 fully saturated rings. The number of rotatable bonds is 7. The summed E-state index contributed by atoms with van der Waals surface area (Å²) >= 11 is 0. The molecular formula is C32H31ClFN5O. The van der Waals surface area contributed by atoms with Crippen molar-refractivity contribution in [1.82, 2.24) is 9.88 Å². The van der Waals surface area contributed by atoms with Gasteiger partial charge in [0.25, 0.3) is 0 Å². The molecule has 3 aliphatic heterocycles. The van der Waals surface area contributed by atoms with Gasteiger partial charge >= 0.3 is 0 Å². The van der Waals surface area contributed by atoms with Gasteiger partial charge in [-0.3, -0.25) is 19.7 Å². The molecule has 204 valence electrons. The van der Waals surface area contributed by atoms with Crippen LogP contribution in [0.1, 0.15) is 24.1 Å². The smallest absolute Gasteiger partial charge is 0.238 e. The quantitative estimate of drug-likeness (QED) is 0.357. The molecule has 1 amide bonds. The summed E-state index contributed by atoms with van der Waals surface area (Å²) in [5.41, 5.74) is 7.70. The molecule has 0 spiro atoms. The molecule has 3 aliphatic rings. The zero-order chi connectivity index (χ0) is 26.6. The van der Waals surface area contributed by atoms with E-state index in [0.29, 0.717) is 12.5 Å². The third kappa shape index (κ3) is 6.38. The molecule has 0 bridgehead atoms. The number of allylic oxidation sites excluding steroid dienone is 4. The standard InChI is InChI=1S/C32H30FN5O.ClH/c33-25-7-3-22(4-8-25)20-23-14-18-38(19-15-23)21-31(39)36-26-9-5-24(6-10-26)28-11-12-30(37-28)32-27(13-17-35-32)29-2-1-16-34-29;/h1-13,16-17,23,37H,14-15,18-21H2,(H,36,39);1H. The van der Waals surface area contributed by atoms with Gasteiger partial charge in [-0.2, -0.15) is 0 Å². The van der Waals surface area contributed by atoms with Crippen LogP contribution in [0.4, 0.5) is 10.1 Å². The molecule has 8 heteroatoms. The number of carbonyl (C=O) groups is 1. The number of hydrogen-bond acceptors (Lipinski definition) is 4. The van der Waals surface area contributed by atoms with Crippen molar-refractivity contribution in [2.24, 2.45) is 15.9 Å².